The second-order valence-corrected chi connectivity index (χ2v) is 5.36. The van der Waals surface area contributed by atoms with Gasteiger partial charge in [0.25, 0.3) is 0 Å². The summed E-state index contributed by atoms with van der Waals surface area (Å²) in [6.45, 7) is 0. The number of halogens is 1. The van der Waals surface area contributed by atoms with E-state index in [1.807, 2.05) is 30.3 Å². The standard InChI is InChI=1S/C16H17BrO2/c1-18-14-9-7-12(8-10-14)15(17)11-13-5-3-4-6-16(13)19-2/h3-10,15H,11H2,1-2H3. The van der Waals surface area contributed by atoms with Gasteiger partial charge in [0, 0.05) is 4.83 Å². The summed E-state index contributed by atoms with van der Waals surface area (Å²) in [6, 6.07) is 16.2. The summed E-state index contributed by atoms with van der Waals surface area (Å²) in [5, 5.41) is 0. The Bertz CT molecular complexity index is 523. The molecule has 0 saturated carbocycles. The maximum Gasteiger partial charge on any atom is 0.122 e. The minimum atomic E-state index is 0.259. The van der Waals surface area contributed by atoms with E-state index >= 15 is 0 Å². The van der Waals surface area contributed by atoms with Gasteiger partial charge in [-0.15, -0.1) is 0 Å². The smallest absolute Gasteiger partial charge is 0.122 e. The molecule has 0 aliphatic heterocycles. The van der Waals surface area contributed by atoms with Crippen molar-refractivity contribution in [1.82, 2.24) is 0 Å². The Hall–Kier alpha value is -1.48. The van der Waals surface area contributed by atoms with E-state index in [4.69, 9.17) is 9.47 Å². The van der Waals surface area contributed by atoms with Crippen molar-refractivity contribution in [2.75, 3.05) is 14.2 Å². The molecule has 0 bridgehead atoms. The molecule has 3 heteroatoms. The molecular weight excluding hydrogens is 304 g/mol. The Morgan fingerprint density at radius 3 is 2.26 bits per heavy atom. The van der Waals surface area contributed by atoms with E-state index in [9.17, 15) is 0 Å². The molecule has 1 unspecified atom stereocenters. The van der Waals surface area contributed by atoms with Crippen LogP contribution in [0.3, 0.4) is 0 Å². The van der Waals surface area contributed by atoms with Crippen molar-refractivity contribution in [3.05, 3.63) is 59.7 Å². The van der Waals surface area contributed by atoms with Crippen LogP contribution < -0.4 is 9.47 Å². The second-order valence-electron chi connectivity index (χ2n) is 4.26. The van der Waals surface area contributed by atoms with Crippen molar-refractivity contribution in [2.24, 2.45) is 0 Å². The Balaban J connectivity index is 2.13. The zero-order chi connectivity index (χ0) is 13.7. The van der Waals surface area contributed by atoms with Crippen LogP contribution in [0.15, 0.2) is 48.5 Å². The molecule has 2 rings (SSSR count). The lowest BCUT2D eigenvalue weighted by Crippen LogP contribution is -1.98. The van der Waals surface area contributed by atoms with E-state index < -0.39 is 0 Å². The molecule has 0 aliphatic carbocycles. The van der Waals surface area contributed by atoms with Crippen LogP contribution in [0.2, 0.25) is 0 Å². The molecule has 0 saturated heterocycles. The maximum absolute atomic E-state index is 5.38. The van der Waals surface area contributed by atoms with Gasteiger partial charge in [0.2, 0.25) is 0 Å². The number of para-hydroxylation sites is 1. The van der Waals surface area contributed by atoms with Gasteiger partial charge in [0.1, 0.15) is 11.5 Å². The molecule has 100 valence electrons. The summed E-state index contributed by atoms with van der Waals surface area (Å²) >= 11 is 3.74. The largest absolute Gasteiger partial charge is 0.497 e. The molecule has 0 aliphatic rings. The van der Waals surface area contributed by atoms with E-state index in [1.165, 1.54) is 11.1 Å². The van der Waals surface area contributed by atoms with Gasteiger partial charge in [-0.2, -0.15) is 0 Å². The Kier molecular flexibility index (Phi) is 4.86. The minimum absolute atomic E-state index is 0.259. The molecule has 0 spiro atoms. The molecular formula is C16H17BrO2. The SMILES string of the molecule is COc1ccc(C(Br)Cc2ccccc2OC)cc1. The van der Waals surface area contributed by atoms with Gasteiger partial charge in [0.15, 0.2) is 0 Å². The first-order chi connectivity index (χ1) is 9.24. The predicted octanol–water partition coefficient (Wildman–Crippen LogP) is 4.38. The number of rotatable bonds is 5. The highest BCUT2D eigenvalue weighted by Gasteiger charge is 2.11. The number of hydrogen-bond acceptors (Lipinski definition) is 2. The monoisotopic (exact) mass is 320 g/mol. The molecule has 0 heterocycles. The van der Waals surface area contributed by atoms with E-state index in [0.29, 0.717) is 0 Å². The second kappa shape index (κ2) is 6.62. The van der Waals surface area contributed by atoms with Crippen LogP contribution in [0.4, 0.5) is 0 Å². The van der Waals surface area contributed by atoms with Gasteiger partial charge >= 0.3 is 0 Å². The molecule has 0 amide bonds. The molecule has 0 N–H and O–H groups in total. The van der Waals surface area contributed by atoms with Crippen molar-refractivity contribution in [3.63, 3.8) is 0 Å². The summed E-state index contributed by atoms with van der Waals surface area (Å²) in [6.07, 6.45) is 0.885. The maximum atomic E-state index is 5.38. The van der Waals surface area contributed by atoms with Crippen LogP contribution in [0.1, 0.15) is 16.0 Å². The van der Waals surface area contributed by atoms with Crippen molar-refractivity contribution in [3.8, 4) is 11.5 Å². The van der Waals surface area contributed by atoms with Gasteiger partial charge in [-0.1, -0.05) is 46.3 Å². The van der Waals surface area contributed by atoms with Crippen molar-refractivity contribution in [1.29, 1.82) is 0 Å². The highest BCUT2D eigenvalue weighted by Crippen LogP contribution is 2.31. The fraction of sp³-hybridized carbons (Fsp3) is 0.250. The van der Waals surface area contributed by atoms with E-state index in [1.54, 1.807) is 14.2 Å². The molecule has 2 nitrogen and oxygen atoms in total. The molecule has 1 atom stereocenters. The molecule has 2 aromatic rings. The highest BCUT2D eigenvalue weighted by atomic mass is 79.9. The van der Waals surface area contributed by atoms with E-state index in [2.05, 4.69) is 34.1 Å². The Morgan fingerprint density at radius 2 is 1.63 bits per heavy atom. The Morgan fingerprint density at radius 1 is 0.947 bits per heavy atom. The number of alkyl halides is 1. The van der Waals surface area contributed by atoms with Gasteiger partial charge < -0.3 is 9.47 Å². The van der Waals surface area contributed by atoms with Crippen LogP contribution in [0.5, 0.6) is 11.5 Å². The van der Waals surface area contributed by atoms with Crippen molar-refractivity contribution < 1.29 is 9.47 Å². The summed E-state index contributed by atoms with van der Waals surface area (Å²) in [5.41, 5.74) is 2.43. The highest BCUT2D eigenvalue weighted by molar-refractivity contribution is 9.09. The van der Waals surface area contributed by atoms with Crippen LogP contribution in [0, 0.1) is 0 Å². The average molecular weight is 321 g/mol. The van der Waals surface area contributed by atoms with Crippen LogP contribution in [-0.2, 0) is 6.42 Å². The molecule has 19 heavy (non-hydrogen) atoms. The van der Waals surface area contributed by atoms with Crippen molar-refractivity contribution in [2.45, 2.75) is 11.2 Å². The number of benzene rings is 2. The lowest BCUT2D eigenvalue weighted by atomic mass is 10.0. The predicted molar refractivity (Wildman–Crippen MR) is 81.4 cm³/mol. The molecule has 0 fully saturated rings. The summed E-state index contributed by atoms with van der Waals surface area (Å²) in [7, 11) is 3.38. The first-order valence-electron chi connectivity index (χ1n) is 6.14. The third-order valence-electron chi connectivity index (χ3n) is 3.07. The Labute approximate surface area is 122 Å². The van der Waals surface area contributed by atoms with E-state index in [0.717, 1.165) is 17.9 Å². The molecule has 0 aromatic heterocycles. The quantitative estimate of drug-likeness (QED) is 0.761. The average Bonchev–Trinajstić information content (AvgIpc) is 2.48. The summed E-state index contributed by atoms with van der Waals surface area (Å²) in [4.78, 5) is 0.259. The number of hydrogen-bond donors (Lipinski definition) is 0. The van der Waals surface area contributed by atoms with Gasteiger partial charge in [0.05, 0.1) is 14.2 Å². The summed E-state index contributed by atoms with van der Waals surface area (Å²) < 4.78 is 10.5. The topological polar surface area (TPSA) is 18.5 Å². The summed E-state index contributed by atoms with van der Waals surface area (Å²) in [5.74, 6) is 1.81. The molecule has 0 radical (unpaired) electrons. The number of ether oxygens (including phenoxy) is 2. The van der Waals surface area contributed by atoms with Crippen LogP contribution in [0.25, 0.3) is 0 Å². The zero-order valence-electron chi connectivity index (χ0n) is 11.1. The van der Waals surface area contributed by atoms with Crippen LogP contribution >= 0.6 is 15.9 Å². The normalized spacial score (nSPS) is 11.9. The van der Waals surface area contributed by atoms with Crippen LogP contribution in [-0.4, -0.2) is 14.2 Å². The number of methoxy groups -OCH3 is 2. The van der Waals surface area contributed by atoms with Gasteiger partial charge in [-0.3, -0.25) is 0 Å². The fourth-order valence-electron chi connectivity index (χ4n) is 2.00. The first-order valence-corrected chi connectivity index (χ1v) is 7.06. The lowest BCUT2D eigenvalue weighted by molar-refractivity contribution is 0.409. The third-order valence-corrected chi connectivity index (χ3v) is 3.92. The first kappa shape index (κ1) is 13.9. The third kappa shape index (κ3) is 3.51. The van der Waals surface area contributed by atoms with Crippen molar-refractivity contribution >= 4 is 15.9 Å². The van der Waals surface area contributed by atoms with Gasteiger partial charge in [-0.05, 0) is 35.7 Å². The fourth-order valence-corrected chi connectivity index (χ4v) is 2.65. The minimum Gasteiger partial charge on any atom is -0.497 e. The van der Waals surface area contributed by atoms with Gasteiger partial charge in [-0.25, -0.2) is 0 Å². The van der Waals surface area contributed by atoms with E-state index in [-0.39, 0.29) is 4.83 Å². The lowest BCUT2D eigenvalue weighted by Gasteiger charge is -2.13. The zero-order valence-corrected chi connectivity index (χ0v) is 12.7. The molecule has 2 aromatic carbocycles.